The van der Waals surface area contributed by atoms with Crippen molar-refractivity contribution in [3.05, 3.63) is 48.0 Å². The molecule has 0 aliphatic heterocycles. The number of aliphatic hydroxyl groups excluding tert-OH is 2. The first kappa shape index (κ1) is 20.9. The highest BCUT2D eigenvalue weighted by Crippen LogP contribution is 2.17. The Labute approximate surface area is 159 Å². The molecule has 0 aliphatic rings. The lowest BCUT2D eigenvalue weighted by Gasteiger charge is -2.22. The van der Waals surface area contributed by atoms with Gasteiger partial charge < -0.3 is 20.3 Å². The van der Waals surface area contributed by atoms with Gasteiger partial charge in [-0.3, -0.25) is 9.59 Å². The van der Waals surface area contributed by atoms with Crippen LogP contribution in [0.5, 0.6) is 0 Å². The van der Waals surface area contributed by atoms with Gasteiger partial charge in [-0.1, -0.05) is 42.5 Å². The van der Waals surface area contributed by atoms with E-state index in [1.807, 2.05) is 42.5 Å². The summed E-state index contributed by atoms with van der Waals surface area (Å²) in [6.45, 7) is 2.70. The molecular formula is C21H27NO5. The summed E-state index contributed by atoms with van der Waals surface area (Å²) < 4.78 is 5.09. The van der Waals surface area contributed by atoms with Crippen LogP contribution < -0.4 is 5.32 Å². The fourth-order valence-corrected chi connectivity index (χ4v) is 2.72. The molecule has 0 heterocycles. The predicted molar refractivity (Wildman–Crippen MR) is 103 cm³/mol. The van der Waals surface area contributed by atoms with Crippen LogP contribution >= 0.6 is 0 Å². The number of aliphatic hydroxyl groups is 2. The summed E-state index contributed by atoms with van der Waals surface area (Å²) in [7, 11) is 0. The minimum atomic E-state index is -0.961. The molecule has 0 aliphatic carbocycles. The van der Waals surface area contributed by atoms with Gasteiger partial charge in [0.1, 0.15) is 5.60 Å². The molecule has 3 N–H and O–H groups in total. The zero-order chi connectivity index (χ0) is 19.9. The highest BCUT2D eigenvalue weighted by Gasteiger charge is 2.22. The fraction of sp³-hybridized carbons (Fsp3) is 0.429. The standard InChI is InChI=1S/C21H27NO5/c1-21(2,14-24)27-20(26)10-9-19(25)22-18(13-23)12-15-7-8-16-5-3-4-6-17(16)11-15/h3-8,11,18,23-24H,9-10,12-14H2,1-2H3,(H,22,25). The molecule has 6 heteroatoms. The van der Waals surface area contributed by atoms with Crippen molar-refractivity contribution in [3.63, 3.8) is 0 Å². The number of hydrogen-bond donors (Lipinski definition) is 3. The Hall–Kier alpha value is -2.44. The molecule has 1 amide bonds. The molecular weight excluding hydrogens is 346 g/mol. The van der Waals surface area contributed by atoms with E-state index >= 15 is 0 Å². The molecule has 0 aromatic heterocycles. The van der Waals surface area contributed by atoms with Crippen LogP contribution in [-0.4, -0.2) is 46.9 Å². The Balaban J connectivity index is 1.86. The maximum atomic E-state index is 12.1. The smallest absolute Gasteiger partial charge is 0.306 e. The van der Waals surface area contributed by atoms with Crippen molar-refractivity contribution in [2.24, 2.45) is 0 Å². The van der Waals surface area contributed by atoms with Crippen molar-refractivity contribution >= 4 is 22.6 Å². The number of nitrogens with one attached hydrogen (secondary N) is 1. The number of amides is 1. The highest BCUT2D eigenvalue weighted by molar-refractivity contribution is 5.83. The number of esters is 1. The second-order valence-corrected chi connectivity index (χ2v) is 7.22. The lowest BCUT2D eigenvalue weighted by Crippen LogP contribution is -2.39. The van der Waals surface area contributed by atoms with Crippen molar-refractivity contribution in [1.82, 2.24) is 5.32 Å². The molecule has 2 aromatic rings. The van der Waals surface area contributed by atoms with Crippen LogP contribution in [0.15, 0.2) is 42.5 Å². The third-order valence-electron chi connectivity index (χ3n) is 4.21. The second kappa shape index (κ2) is 9.48. The summed E-state index contributed by atoms with van der Waals surface area (Å²) in [6, 6.07) is 13.6. The topological polar surface area (TPSA) is 95.9 Å². The largest absolute Gasteiger partial charge is 0.457 e. The first-order valence-corrected chi connectivity index (χ1v) is 9.03. The molecule has 0 saturated heterocycles. The Morgan fingerprint density at radius 2 is 1.78 bits per heavy atom. The minimum Gasteiger partial charge on any atom is -0.457 e. The summed E-state index contributed by atoms with van der Waals surface area (Å²) in [4.78, 5) is 23.8. The molecule has 0 radical (unpaired) electrons. The summed E-state index contributed by atoms with van der Waals surface area (Å²) in [6.07, 6.45) is 0.382. The van der Waals surface area contributed by atoms with E-state index in [2.05, 4.69) is 5.32 Å². The number of benzene rings is 2. The van der Waals surface area contributed by atoms with Gasteiger partial charge in [-0.2, -0.15) is 0 Å². The van der Waals surface area contributed by atoms with Crippen molar-refractivity contribution in [3.8, 4) is 0 Å². The second-order valence-electron chi connectivity index (χ2n) is 7.22. The van der Waals surface area contributed by atoms with E-state index in [1.165, 1.54) is 0 Å². The maximum absolute atomic E-state index is 12.1. The van der Waals surface area contributed by atoms with E-state index in [9.17, 15) is 14.7 Å². The lowest BCUT2D eigenvalue weighted by atomic mass is 10.0. The van der Waals surface area contributed by atoms with Gasteiger partial charge in [0.25, 0.3) is 0 Å². The van der Waals surface area contributed by atoms with Gasteiger partial charge in [-0.25, -0.2) is 0 Å². The number of carbonyl (C=O) groups excluding carboxylic acids is 2. The predicted octanol–water partition coefficient (Wildman–Crippen LogP) is 1.95. The monoisotopic (exact) mass is 373 g/mol. The molecule has 146 valence electrons. The van der Waals surface area contributed by atoms with Crippen LogP contribution in [0, 0.1) is 0 Å². The van der Waals surface area contributed by atoms with Crippen LogP contribution in [0.2, 0.25) is 0 Å². The molecule has 0 saturated carbocycles. The number of carbonyl (C=O) groups is 2. The van der Waals surface area contributed by atoms with E-state index in [1.54, 1.807) is 13.8 Å². The molecule has 1 unspecified atom stereocenters. The minimum absolute atomic E-state index is 0.0332. The van der Waals surface area contributed by atoms with E-state index in [-0.39, 0.29) is 32.0 Å². The summed E-state index contributed by atoms with van der Waals surface area (Å²) in [5, 5.41) is 23.7. The molecule has 0 bridgehead atoms. The fourth-order valence-electron chi connectivity index (χ4n) is 2.72. The van der Waals surface area contributed by atoms with E-state index in [0.29, 0.717) is 6.42 Å². The van der Waals surface area contributed by atoms with Gasteiger partial charge in [0.15, 0.2) is 0 Å². The van der Waals surface area contributed by atoms with Gasteiger partial charge in [0.05, 0.1) is 25.7 Å². The molecule has 2 aromatic carbocycles. The zero-order valence-electron chi connectivity index (χ0n) is 15.8. The molecule has 27 heavy (non-hydrogen) atoms. The molecule has 0 fully saturated rings. The maximum Gasteiger partial charge on any atom is 0.306 e. The summed E-state index contributed by atoms with van der Waals surface area (Å²) in [5.41, 5.74) is 0.0502. The van der Waals surface area contributed by atoms with Crippen LogP contribution in [0.4, 0.5) is 0 Å². The number of fused-ring (bicyclic) bond motifs is 1. The van der Waals surface area contributed by atoms with Gasteiger partial charge in [0.2, 0.25) is 5.91 Å². The lowest BCUT2D eigenvalue weighted by molar-refractivity contribution is -0.160. The summed E-state index contributed by atoms with van der Waals surface area (Å²) >= 11 is 0. The Bertz CT molecular complexity index is 787. The van der Waals surface area contributed by atoms with Gasteiger partial charge >= 0.3 is 5.97 Å². The van der Waals surface area contributed by atoms with Gasteiger partial charge in [-0.15, -0.1) is 0 Å². The van der Waals surface area contributed by atoms with Crippen molar-refractivity contribution in [2.45, 2.75) is 44.8 Å². The van der Waals surface area contributed by atoms with Crippen molar-refractivity contribution < 1.29 is 24.5 Å². The van der Waals surface area contributed by atoms with E-state index in [4.69, 9.17) is 9.84 Å². The first-order valence-electron chi connectivity index (χ1n) is 9.03. The van der Waals surface area contributed by atoms with E-state index < -0.39 is 17.6 Å². The van der Waals surface area contributed by atoms with Crippen molar-refractivity contribution in [2.75, 3.05) is 13.2 Å². The van der Waals surface area contributed by atoms with Crippen LogP contribution in [0.25, 0.3) is 10.8 Å². The average Bonchev–Trinajstić information content (AvgIpc) is 2.65. The summed E-state index contributed by atoms with van der Waals surface area (Å²) in [5.74, 6) is -0.868. The Morgan fingerprint density at radius 1 is 1.07 bits per heavy atom. The average molecular weight is 373 g/mol. The van der Waals surface area contributed by atoms with Crippen LogP contribution in [-0.2, 0) is 20.7 Å². The molecule has 6 nitrogen and oxygen atoms in total. The van der Waals surface area contributed by atoms with Crippen LogP contribution in [0.3, 0.4) is 0 Å². The highest BCUT2D eigenvalue weighted by atomic mass is 16.6. The first-order chi connectivity index (χ1) is 12.8. The number of rotatable bonds is 9. The SMILES string of the molecule is CC(C)(CO)OC(=O)CCC(=O)NC(CO)Cc1ccc2ccccc2c1. The molecule has 1 atom stereocenters. The zero-order valence-corrected chi connectivity index (χ0v) is 15.8. The quantitative estimate of drug-likeness (QED) is 0.584. The van der Waals surface area contributed by atoms with Gasteiger partial charge in [0, 0.05) is 6.42 Å². The molecule has 0 spiro atoms. The van der Waals surface area contributed by atoms with Crippen LogP contribution in [0.1, 0.15) is 32.3 Å². The molecule has 2 rings (SSSR count). The third-order valence-corrected chi connectivity index (χ3v) is 4.21. The van der Waals surface area contributed by atoms with Crippen molar-refractivity contribution in [1.29, 1.82) is 0 Å². The Kier molecular flexibility index (Phi) is 7.33. The number of ether oxygens (including phenoxy) is 1. The Morgan fingerprint density at radius 3 is 2.44 bits per heavy atom. The third kappa shape index (κ3) is 6.66. The van der Waals surface area contributed by atoms with Gasteiger partial charge in [-0.05, 0) is 36.6 Å². The number of hydrogen-bond acceptors (Lipinski definition) is 5. The van der Waals surface area contributed by atoms with E-state index in [0.717, 1.165) is 16.3 Å². The normalized spacial score (nSPS) is 12.6.